The van der Waals surface area contributed by atoms with Gasteiger partial charge in [0.15, 0.2) is 0 Å². The van der Waals surface area contributed by atoms with E-state index in [-0.39, 0.29) is 0 Å². The number of alkyl halides is 2. The standard InChI is InChI=1S/C11H12F3NO5S/c1-6-8(12)2-7(10(17)18)3-9(6)21(19,20)15-4-11(13,14)5-16/h2-3,15-16H,4-5H2,1H3,(H,17,18). The van der Waals surface area contributed by atoms with Crippen LogP contribution in [0.1, 0.15) is 15.9 Å². The molecule has 0 aliphatic carbocycles. The lowest BCUT2D eigenvalue weighted by Gasteiger charge is -2.15. The number of halogens is 3. The molecule has 0 unspecified atom stereocenters. The number of hydrogen-bond donors (Lipinski definition) is 3. The van der Waals surface area contributed by atoms with Gasteiger partial charge in [0.25, 0.3) is 5.92 Å². The zero-order valence-electron chi connectivity index (χ0n) is 10.7. The van der Waals surface area contributed by atoms with Crippen molar-refractivity contribution in [3.05, 3.63) is 29.1 Å². The maximum atomic E-state index is 13.5. The molecule has 0 amide bonds. The molecule has 6 nitrogen and oxygen atoms in total. The number of nitrogens with one attached hydrogen (secondary N) is 1. The van der Waals surface area contributed by atoms with Crippen LogP contribution in [0, 0.1) is 12.7 Å². The number of benzene rings is 1. The van der Waals surface area contributed by atoms with E-state index in [0.29, 0.717) is 12.1 Å². The molecule has 1 aromatic carbocycles. The molecule has 3 N–H and O–H groups in total. The second kappa shape index (κ2) is 6.00. The third kappa shape index (κ3) is 4.16. The molecule has 0 bridgehead atoms. The quantitative estimate of drug-likeness (QED) is 0.715. The van der Waals surface area contributed by atoms with E-state index < -0.39 is 56.9 Å². The first-order valence-electron chi connectivity index (χ1n) is 5.52. The van der Waals surface area contributed by atoms with Crippen molar-refractivity contribution in [2.75, 3.05) is 13.2 Å². The van der Waals surface area contributed by atoms with Gasteiger partial charge in [0.1, 0.15) is 12.4 Å². The molecule has 0 saturated heterocycles. The van der Waals surface area contributed by atoms with Gasteiger partial charge in [0.05, 0.1) is 17.0 Å². The van der Waals surface area contributed by atoms with Gasteiger partial charge in [-0.3, -0.25) is 0 Å². The SMILES string of the molecule is Cc1c(F)cc(C(=O)O)cc1S(=O)(=O)NCC(F)(F)CO. The Morgan fingerprint density at radius 3 is 2.43 bits per heavy atom. The summed E-state index contributed by atoms with van der Waals surface area (Å²) in [7, 11) is -4.56. The summed E-state index contributed by atoms with van der Waals surface area (Å²) in [6, 6.07) is 1.29. The molecule has 1 aromatic rings. The van der Waals surface area contributed by atoms with Crippen LogP contribution in [-0.2, 0) is 10.0 Å². The van der Waals surface area contributed by atoms with E-state index in [1.165, 1.54) is 4.72 Å². The van der Waals surface area contributed by atoms with Gasteiger partial charge in [-0.2, -0.15) is 0 Å². The van der Waals surface area contributed by atoms with Crippen molar-refractivity contribution in [2.45, 2.75) is 17.7 Å². The van der Waals surface area contributed by atoms with Crippen molar-refractivity contribution in [2.24, 2.45) is 0 Å². The van der Waals surface area contributed by atoms with Gasteiger partial charge in [0, 0.05) is 5.56 Å². The highest BCUT2D eigenvalue weighted by atomic mass is 32.2. The average molecular weight is 327 g/mol. The Bertz CT molecular complexity index is 660. The predicted octanol–water partition coefficient (Wildman–Crippen LogP) is 0.738. The largest absolute Gasteiger partial charge is 0.478 e. The van der Waals surface area contributed by atoms with E-state index in [1.807, 2.05) is 0 Å². The van der Waals surface area contributed by atoms with Crippen LogP contribution in [0.4, 0.5) is 13.2 Å². The molecule has 0 fully saturated rings. The Hall–Kier alpha value is -1.65. The van der Waals surface area contributed by atoms with Gasteiger partial charge in [-0.05, 0) is 19.1 Å². The summed E-state index contributed by atoms with van der Waals surface area (Å²) in [6.45, 7) is -1.90. The van der Waals surface area contributed by atoms with Crippen molar-refractivity contribution in [1.82, 2.24) is 4.72 Å². The van der Waals surface area contributed by atoms with E-state index in [1.54, 1.807) is 0 Å². The van der Waals surface area contributed by atoms with Gasteiger partial charge in [-0.1, -0.05) is 0 Å². The number of carboxylic acids is 1. The molecule has 10 heteroatoms. The first-order chi connectivity index (χ1) is 9.50. The first-order valence-corrected chi connectivity index (χ1v) is 7.00. The molecule has 0 heterocycles. The molecule has 118 valence electrons. The van der Waals surface area contributed by atoms with Gasteiger partial charge >= 0.3 is 5.97 Å². The highest BCUT2D eigenvalue weighted by molar-refractivity contribution is 7.89. The minimum absolute atomic E-state index is 0.403. The normalized spacial score (nSPS) is 12.4. The van der Waals surface area contributed by atoms with Gasteiger partial charge in [0.2, 0.25) is 10.0 Å². The van der Waals surface area contributed by atoms with Gasteiger partial charge in [-0.25, -0.2) is 31.1 Å². The van der Waals surface area contributed by atoms with E-state index in [4.69, 9.17) is 10.2 Å². The number of sulfonamides is 1. The fraction of sp³-hybridized carbons (Fsp3) is 0.364. The lowest BCUT2D eigenvalue weighted by molar-refractivity contribution is -0.0437. The lowest BCUT2D eigenvalue weighted by atomic mass is 10.1. The zero-order chi connectivity index (χ0) is 16.4. The zero-order valence-corrected chi connectivity index (χ0v) is 11.5. The van der Waals surface area contributed by atoms with Crippen LogP contribution >= 0.6 is 0 Å². The van der Waals surface area contributed by atoms with Crippen LogP contribution < -0.4 is 4.72 Å². The van der Waals surface area contributed by atoms with Crippen LogP contribution in [-0.4, -0.2) is 43.7 Å². The predicted molar refractivity (Wildman–Crippen MR) is 65.3 cm³/mol. The van der Waals surface area contributed by atoms with E-state index >= 15 is 0 Å². The summed E-state index contributed by atoms with van der Waals surface area (Å²) in [5.41, 5.74) is -1.03. The number of hydrogen-bond acceptors (Lipinski definition) is 4. The molecule has 0 aromatic heterocycles. The van der Waals surface area contributed by atoms with Gasteiger partial charge < -0.3 is 10.2 Å². The number of carbonyl (C=O) groups is 1. The van der Waals surface area contributed by atoms with Crippen molar-refractivity contribution in [3.8, 4) is 0 Å². The molecule has 0 aliphatic rings. The van der Waals surface area contributed by atoms with Crippen LogP contribution in [0.3, 0.4) is 0 Å². The van der Waals surface area contributed by atoms with E-state index in [0.717, 1.165) is 6.92 Å². The minimum atomic E-state index is -4.56. The van der Waals surface area contributed by atoms with Gasteiger partial charge in [-0.15, -0.1) is 0 Å². The highest BCUT2D eigenvalue weighted by Gasteiger charge is 2.31. The smallest absolute Gasteiger partial charge is 0.335 e. The Labute approximate surface area is 118 Å². The van der Waals surface area contributed by atoms with Crippen molar-refractivity contribution < 1.29 is 36.6 Å². The second-order valence-corrected chi connectivity index (χ2v) is 5.96. The Balaban J connectivity index is 3.22. The minimum Gasteiger partial charge on any atom is -0.478 e. The number of aliphatic hydroxyl groups excluding tert-OH is 1. The first kappa shape index (κ1) is 17.4. The maximum Gasteiger partial charge on any atom is 0.335 e. The number of aromatic carboxylic acids is 1. The van der Waals surface area contributed by atoms with Crippen LogP contribution in [0.25, 0.3) is 0 Å². The molecule has 0 saturated carbocycles. The Morgan fingerprint density at radius 2 is 1.95 bits per heavy atom. The van der Waals surface area contributed by atoms with Crippen molar-refractivity contribution in [3.63, 3.8) is 0 Å². The molecule has 0 atom stereocenters. The van der Waals surface area contributed by atoms with Crippen molar-refractivity contribution >= 4 is 16.0 Å². The molecule has 21 heavy (non-hydrogen) atoms. The monoisotopic (exact) mass is 327 g/mol. The average Bonchev–Trinajstić information content (AvgIpc) is 2.39. The molecule has 0 radical (unpaired) electrons. The third-order valence-corrected chi connectivity index (χ3v) is 4.11. The fourth-order valence-corrected chi connectivity index (χ4v) is 2.73. The van der Waals surface area contributed by atoms with E-state index in [9.17, 15) is 26.4 Å². The third-order valence-electron chi connectivity index (χ3n) is 2.59. The highest BCUT2D eigenvalue weighted by Crippen LogP contribution is 2.21. The summed E-state index contributed by atoms with van der Waals surface area (Å²) in [6.07, 6.45) is 0. The molecular weight excluding hydrogens is 315 g/mol. The molecule has 0 spiro atoms. The summed E-state index contributed by atoms with van der Waals surface area (Å²) in [5, 5.41) is 17.1. The van der Waals surface area contributed by atoms with Crippen LogP contribution in [0.2, 0.25) is 0 Å². The summed E-state index contributed by atoms with van der Waals surface area (Å²) in [4.78, 5) is 10.0. The number of aliphatic hydroxyl groups is 1. The summed E-state index contributed by atoms with van der Waals surface area (Å²) in [5.74, 6) is -6.35. The Morgan fingerprint density at radius 1 is 1.38 bits per heavy atom. The topological polar surface area (TPSA) is 104 Å². The summed E-state index contributed by atoms with van der Waals surface area (Å²) < 4.78 is 64.4. The fourth-order valence-electron chi connectivity index (χ4n) is 1.39. The summed E-state index contributed by atoms with van der Waals surface area (Å²) >= 11 is 0. The molecular formula is C11H12F3NO5S. The number of carboxylic acid groups (broad SMARTS) is 1. The lowest BCUT2D eigenvalue weighted by Crippen LogP contribution is -2.39. The Kier molecular flexibility index (Phi) is 4.97. The number of rotatable bonds is 6. The maximum absolute atomic E-state index is 13.5. The van der Waals surface area contributed by atoms with Crippen LogP contribution in [0.5, 0.6) is 0 Å². The van der Waals surface area contributed by atoms with Crippen molar-refractivity contribution in [1.29, 1.82) is 0 Å². The van der Waals surface area contributed by atoms with Crippen LogP contribution in [0.15, 0.2) is 17.0 Å². The molecule has 1 rings (SSSR count). The molecule has 0 aliphatic heterocycles. The van der Waals surface area contributed by atoms with E-state index in [2.05, 4.69) is 0 Å². The second-order valence-electron chi connectivity index (χ2n) is 4.22.